The molecule has 0 aliphatic rings. The first-order valence-electron chi connectivity index (χ1n) is 5.80. The van der Waals surface area contributed by atoms with Crippen LogP contribution in [0.15, 0.2) is 0 Å². The maximum absolute atomic E-state index is 11.7. The van der Waals surface area contributed by atoms with E-state index in [0.29, 0.717) is 0 Å². The van der Waals surface area contributed by atoms with E-state index < -0.39 is 64.2 Å². The summed E-state index contributed by atoms with van der Waals surface area (Å²) in [4.78, 5) is 0. The van der Waals surface area contributed by atoms with Gasteiger partial charge in [-0.1, -0.05) is 0 Å². The molecule has 0 aliphatic carbocycles. The fourth-order valence-electron chi connectivity index (χ4n) is 1.00. The highest BCUT2D eigenvalue weighted by atomic mass is 19.4. The van der Waals surface area contributed by atoms with E-state index >= 15 is 0 Å². The molecule has 0 aromatic heterocycles. The minimum Gasteiger partial charge on any atom is -0.376 e. The van der Waals surface area contributed by atoms with Crippen molar-refractivity contribution in [1.29, 1.82) is 0 Å². The predicted molar refractivity (Wildman–Crippen MR) is 56.1 cm³/mol. The lowest BCUT2D eigenvalue weighted by Gasteiger charge is -2.17. The minimum absolute atomic E-state index is 0.629. The van der Waals surface area contributed by atoms with Gasteiger partial charge in [0.2, 0.25) is 0 Å². The molecular formula is C10H16F6O5. The standard InChI is InChI=1S/C10H16F6O5/c11-9(12,13)1-3-19-5-7(17)21-8(18)6-20-4-2-10(14,15)16/h7-8,17-18H,1-6H2. The number of aliphatic hydroxyl groups excluding tert-OH is 2. The number of aliphatic hydroxyl groups is 2. The van der Waals surface area contributed by atoms with Gasteiger partial charge in [-0.15, -0.1) is 0 Å². The number of ether oxygens (including phenoxy) is 3. The fraction of sp³-hybridized carbons (Fsp3) is 1.00. The molecule has 0 aromatic rings. The Morgan fingerprint density at radius 3 is 1.33 bits per heavy atom. The lowest BCUT2D eigenvalue weighted by molar-refractivity contribution is -0.243. The summed E-state index contributed by atoms with van der Waals surface area (Å²) < 4.78 is 83.7. The highest BCUT2D eigenvalue weighted by Crippen LogP contribution is 2.19. The van der Waals surface area contributed by atoms with Crippen LogP contribution in [0.3, 0.4) is 0 Å². The zero-order valence-corrected chi connectivity index (χ0v) is 10.8. The smallest absolute Gasteiger partial charge is 0.376 e. The van der Waals surface area contributed by atoms with E-state index in [0.717, 1.165) is 0 Å². The number of hydrogen-bond donors (Lipinski definition) is 2. The lowest BCUT2D eigenvalue weighted by Crippen LogP contribution is -2.30. The van der Waals surface area contributed by atoms with Crippen LogP contribution in [0.4, 0.5) is 26.3 Å². The Bertz CT molecular complexity index is 244. The van der Waals surface area contributed by atoms with Crippen LogP contribution < -0.4 is 0 Å². The monoisotopic (exact) mass is 330 g/mol. The van der Waals surface area contributed by atoms with Gasteiger partial charge in [-0.25, -0.2) is 0 Å². The highest BCUT2D eigenvalue weighted by molar-refractivity contribution is 4.51. The van der Waals surface area contributed by atoms with Gasteiger partial charge in [0.25, 0.3) is 0 Å². The Hall–Kier alpha value is -0.620. The van der Waals surface area contributed by atoms with E-state index in [4.69, 9.17) is 10.2 Å². The number of alkyl halides is 6. The first-order chi connectivity index (χ1) is 9.49. The van der Waals surface area contributed by atoms with Gasteiger partial charge >= 0.3 is 12.4 Å². The lowest BCUT2D eigenvalue weighted by atomic mass is 10.4. The molecule has 0 heterocycles. The maximum Gasteiger partial charge on any atom is 0.391 e. The average Bonchev–Trinajstić information content (AvgIpc) is 2.28. The molecule has 0 aliphatic heterocycles. The molecule has 0 radical (unpaired) electrons. The molecule has 0 spiro atoms. The van der Waals surface area contributed by atoms with E-state index in [-0.39, 0.29) is 0 Å². The van der Waals surface area contributed by atoms with E-state index in [2.05, 4.69) is 14.2 Å². The molecule has 5 nitrogen and oxygen atoms in total. The van der Waals surface area contributed by atoms with E-state index in [1.165, 1.54) is 0 Å². The summed E-state index contributed by atoms with van der Waals surface area (Å²) >= 11 is 0. The van der Waals surface area contributed by atoms with Crippen molar-refractivity contribution in [3.8, 4) is 0 Å². The normalized spacial score (nSPS) is 16.0. The summed E-state index contributed by atoms with van der Waals surface area (Å²) in [6, 6.07) is 0. The van der Waals surface area contributed by atoms with Crippen LogP contribution in [0.1, 0.15) is 12.8 Å². The van der Waals surface area contributed by atoms with Gasteiger partial charge in [-0.2, -0.15) is 26.3 Å². The quantitative estimate of drug-likeness (QED) is 0.362. The summed E-state index contributed by atoms with van der Waals surface area (Å²) in [6.07, 6.45) is -14.6. The maximum atomic E-state index is 11.7. The second kappa shape index (κ2) is 9.41. The van der Waals surface area contributed by atoms with Crippen LogP contribution in [0.25, 0.3) is 0 Å². The molecule has 11 heteroatoms. The zero-order chi connectivity index (χ0) is 16.5. The largest absolute Gasteiger partial charge is 0.391 e. The van der Waals surface area contributed by atoms with Crippen molar-refractivity contribution in [2.24, 2.45) is 0 Å². The molecule has 0 saturated heterocycles. The Morgan fingerprint density at radius 1 is 0.714 bits per heavy atom. The SMILES string of the molecule is OC(COCCC(F)(F)F)OC(O)COCCC(F)(F)F. The molecule has 128 valence electrons. The zero-order valence-electron chi connectivity index (χ0n) is 10.8. The van der Waals surface area contributed by atoms with Crippen LogP contribution >= 0.6 is 0 Å². The third-order valence-corrected chi connectivity index (χ3v) is 1.89. The van der Waals surface area contributed by atoms with Gasteiger partial charge < -0.3 is 24.4 Å². The third kappa shape index (κ3) is 15.6. The van der Waals surface area contributed by atoms with E-state index in [9.17, 15) is 26.3 Å². The summed E-state index contributed by atoms with van der Waals surface area (Å²) in [6.45, 7) is -2.64. The van der Waals surface area contributed by atoms with Crippen LogP contribution in [0.2, 0.25) is 0 Å². The molecule has 0 aromatic carbocycles. The van der Waals surface area contributed by atoms with E-state index in [1.54, 1.807) is 0 Å². The molecule has 2 atom stereocenters. The molecule has 0 bridgehead atoms. The Morgan fingerprint density at radius 2 is 1.05 bits per heavy atom. The summed E-state index contributed by atoms with van der Waals surface area (Å²) in [5, 5.41) is 18.2. The van der Waals surface area contributed by atoms with E-state index in [1.807, 2.05) is 0 Å². The number of rotatable bonds is 10. The molecule has 21 heavy (non-hydrogen) atoms. The summed E-state index contributed by atoms with van der Waals surface area (Å²) in [5.74, 6) is 0. The van der Waals surface area contributed by atoms with Crippen molar-refractivity contribution in [3.63, 3.8) is 0 Å². The molecule has 0 saturated carbocycles. The van der Waals surface area contributed by atoms with Crippen molar-refractivity contribution in [2.45, 2.75) is 37.8 Å². The average molecular weight is 330 g/mol. The van der Waals surface area contributed by atoms with Crippen molar-refractivity contribution in [2.75, 3.05) is 26.4 Å². The fourth-order valence-corrected chi connectivity index (χ4v) is 1.00. The van der Waals surface area contributed by atoms with Crippen LogP contribution in [0.5, 0.6) is 0 Å². The Labute approximate surface area is 116 Å². The van der Waals surface area contributed by atoms with Crippen LogP contribution in [-0.2, 0) is 14.2 Å². The van der Waals surface area contributed by atoms with Crippen molar-refractivity contribution >= 4 is 0 Å². The molecule has 0 fully saturated rings. The van der Waals surface area contributed by atoms with Crippen LogP contribution in [-0.4, -0.2) is 61.6 Å². The molecule has 0 amide bonds. The Kier molecular flexibility index (Phi) is 9.13. The molecule has 2 N–H and O–H groups in total. The van der Waals surface area contributed by atoms with Crippen LogP contribution in [0, 0.1) is 0 Å². The minimum atomic E-state index is -4.39. The van der Waals surface area contributed by atoms with Crippen molar-refractivity contribution in [3.05, 3.63) is 0 Å². The van der Waals surface area contributed by atoms with Gasteiger partial charge in [0.05, 0.1) is 39.3 Å². The number of hydrogen-bond acceptors (Lipinski definition) is 5. The predicted octanol–water partition coefficient (Wildman–Crippen LogP) is 1.58. The summed E-state index contributed by atoms with van der Waals surface area (Å²) in [7, 11) is 0. The topological polar surface area (TPSA) is 68.2 Å². The molecular weight excluding hydrogens is 314 g/mol. The second-order valence-corrected chi connectivity index (χ2v) is 3.93. The van der Waals surface area contributed by atoms with Crippen molar-refractivity contribution in [1.82, 2.24) is 0 Å². The van der Waals surface area contributed by atoms with Gasteiger partial charge in [0, 0.05) is 0 Å². The first kappa shape index (κ1) is 20.4. The first-order valence-corrected chi connectivity index (χ1v) is 5.80. The number of halogens is 6. The highest BCUT2D eigenvalue weighted by Gasteiger charge is 2.27. The summed E-state index contributed by atoms with van der Waals surface area (Å²) in [5.41, 5.74) is 0. The van der Waals surface area contributed by atoms with Gasteiger partial charge in [-0.3, -0.25) is 0 Å². The second-order valence-electron chi connectivity index (χ2n) is 3.93. The molecule has 2 unspecified atom stereocenters. The van der Waals surface area contributed by atoms with Gasteiger partial charge in [0.15, 0.2) is 12.6 Å². The van der Waals surface area contributed by atoms with Gasteiger partial charge in [-0.05, 0) is 0 Å². The third-order valence-electron chi connectivity index (χ3n) is 1.89. The Balaban J connectivity index is 3.59. The molecule has 0 rings (SSSR count). The van der Waals surface area contributed by atoms with Crippen molar-refractivity contribution < 1.29 is 50.8 Å². The van der Waals surface area contributed by atoms with Gasteiger partial charge in [0.1, 0.15) is 0 Å².